The lowest BCUT2D eigenvalue weighted by Gasteiger charge is -2.38. The Balaban J connectivity index is 1.76. The van der Waals surface area contributed by atoms with E-state index in [1.807, 2.05) is 31.2 Å². The molecule has 0 bridgehead atoms. The van der Waals surface area contributed by atoms with Crippen LogP contribution in [0, 0.1) is 0 Å². The van der Waals surface area contributed by atoms with E-state index >= 15 is 0 Å². The van der Waals surface area contributed by atoms with Crippen molar-refractivity contribution in [1.29, 1.82) is 0 Å². The van der Waals surface area contributed by atoms with E-state index in [-0.39, 0.29) is 22.6 Å². The van der Waals surface area contributed by atoms with Crippen LogP contribution < -0.4 is 10.1 Å². The zero-order valence-corrected chi connectivity index (χ0v) is 15.8. The number of carboxylic acid groups (broad SMARTS) is 1. The van der Waals surface area contributed by atoms with Crippen molar-refractivity contribution in [2.24, 2.45) is 0 Å². The van der Waals surface area contributed by atoms with E-state index in [4.69, 9.17) is 14.6 Å². The van der Waals surface area contributed by atoms with Crippen LogP contribution in [-0.4, -0.2) is 48.3 Å². The molecule has 3 rings (SSSR count). The lowest BCUT2D eigenvalue weighted by atomic mass is 9.74. The Labute approximate surface area is 163 Å². The number of benzene rings is 1. The van der Waals surface area contributed by atoms with E-state index in [9.17, 15) is 9.59 Å². The SMILES string of the molecule is CCOc1ccc(C2(CNC(=O)c3cc(C(=O)O)ccn3)CCOCC2)cc1. The van der Waals surface area contributed by atoms with Crippen molar-refractivity contribution >= 4 is 11.9 Å². The van der Waals surface area contributed by atoms with Gasteiger partial charge in [0.05, 0.1) is 12.2 Å². The molecule has 1 aliphatic rings. The van der Waals surface area contributed by atoms with Crippen molar-refractivity contribution in [3.05, 3.63) is 59.4 Å². The minimum absolute atomic E-state index is 0.0347. The van der Waals surface area contributed by atoms with E-state index in [0.29, 0.717) is 26.4 Å². The molecular formula is C21H24N2O5. The van der Waals surface area contributed by atoms with Gasteiger partial charge in [-0.15, -0.1) is 0 Å². The Hall–Kier alpha value is -2.93. The number of rotatable bonds is 7. The van der Waals surface area contributed by atoms with Gasteiger partial charge in [0.25, 0.3) is 5.91 Å². The Morgan fingerprint density at radius 1 is 1.21 bits per heavy atom. The fourth-order valence-electron chi connectivity index (χ4n) is 3.43. The van der Waals surface area contributed by atoms with Crippen LogP contribution in [0.5, 0.6) is 5.75 Å². The molecule has 0 atom stereocenters. The predicted molar refractivity (Wildman–Crippen MR) is 103 cm³/mol. The van der Waals surface area contributed by atoms with Crippen molar-refractivity contribution in [2.75, 3.05) is 26.4 Å². The average molecular weight is 384 g/mol. The second-order valence-electron chi connectivity index (χ2n) is 6.77. The van der Waals surface area contributed by atoms with Gasteiger partial charge in [0, 0.05) is 31.4 Å². The molecule has 7 nitrogen and oxygen atoms in total. The largest absolute Gasteiger partial charge is 0.494 e. The number of carbonyl (C=O) groups excluding carboxylic acids is 1. The minimum Gasteiger partial charge on any atom is -0.494 e. The molecule has 0 spiro atoms. The second kappa shape index (κ2) is 8.84. The number of aromatic nitrogens is 1. The van der Waals surface area contributed by atoms with Gasteiger partial charge in [-0.1, -0.05) is 12.1 Å². The molecule has 0 radical (unpaired) electrons. The number of pyridine rings is 1. The zero-order chi connectivity index (χ0) is 20.0. The highest BCUT2D eigenvalue weighted by atomic mass is 16.5. The second-order valence-corrected chi connectivity index (χ2v) is 6.77. The number of ether oxygens (including phenoxy) is 2. The van der Waals surface area contributed by atoms with Crippen molar-refractivity contribution in [1.82, 2.24) is 10.3 Å². The Bertz CT molecular complexity index is 829. The van der Waals surface area contributed by atoms with Crippen molar-refractivity contribution in [3.63, 3.8) is 0 Å². The van der Waals surface area contributed by atoms with Crippen LogP contribution >= 0.6 is 0 Å². The lowest BCUT2D eigenvalue weighted by Crippen LogP contribution is -2.44. The smallest absolute Gasteiger partial charge is 0.335 e. The standard InChI is InChI=1S/C21H24N2O5/c1-2-28-17-5-3-16(4-6-17)21(8-11-27-12-9-21)14-23-19(24)18-13-15(20(25)26)7-10-22-18/h3-7,10,13H,2,8-9,11-12,14H2,1H3,(H,23,24)(H,25,26). The number of aromatic carboxylic acids is 1. The van der Waals surface area contributed by atoms with Crippen molar-refractivity contribution < 1.29 is 24.2 Å². The maximum Gasteiger partial charge on any atom is 0.335 e. The zero-order valence-electron chi connectivity index (χ0n) is 15.8. The number of carbonyl (C=O) groups is 2. The summed E-state index contributed by atoms with van der Waals surface area (Å²) < 4.78 is 11.0. The first-order valence-corrected chi connectivity index (χ1v) is 9.33. The summed E-state index contributed by atoms with van der Waals surface area (Å²) in [6, 6.07) is 10.6. The summed E-state index contributed by atoms with van der Waals surface area (Å²) in [6.45, 7) is 4.21. The van der Waals surface area contributed by atoms with Crippen molar-refractivity contribution in [3.8, 4) is 5.75 Å². The summed E-state index contributed by atoms with van der Waals surface area (Å²) >= 11 is 0. The third kappa shape index (κ3) is 4.48. The van der Waals surface area contributed by atoms with Crippen LogP contribution in [0.15, 0.2) is 42.6 Å². The fraction of sp³-hybridized carbons (Fsp3) is 0.381. The van der Waals surface area contributed by atoms with E-state index < -0.39 is 5.97 Å². The Morgan fingerprint density at radius 2 is 1.93 bits per heavy atom. The van der Waals surface area contributed by atoms with Gasteiger partial charge in [-0.3, -0.25) is 9.78 Å². The molecule has 0 saturated carbocycles. The molecule has 2 N–H and O–H groups in total. The normalized spacial score (nSPS) is 15.6. The predicted octanol–water partition coefficient (Wildman–Crippen LogP) is 2.66. The number of hydrogen-bond donors (Lipinski definition) is 2. The number of nitrogens with zero attached hydrogens (tertiary/aromatic N) is 1. The third-order valence-electron chi connectivity index (χ3n) is 5.05. The van der Waals surface area contributed by atoms with Crippen LogP contribution in [0.3, 0.4) is 0 Å². The molecular weight excluding hydrogens is 360 g/mol. The average Bonchev–Trinajstić information content (AvgIpc) is 2.73. The molecule has 1 fully saturated rings. The van der Waals surface area contributed by atoms with Crippen LogP contribution in [-0.2, 0) is 10.2 Å². The molecule has 0 unspecified atom stereocenters. The van der Waals surface area contributed by atoms with Gasteiger partial charge in [-0.25, -0.2) is 4.79 Å². The fourth-order valence-corrected chi connectivity index (χ4v) is 3.43. The highest BCUT2D eigenvalue weighted by Gasteiger charge is 2.35. The van der Waals surface area contributed by atoms with Crippen LogP contribution in [0.1, 0.15) is 46.2 Å². The summed E-state index contributed by atoms with van der Waals surface area (Å²) in [5.41, 5.74) is 0.997. The highest BCUT2D eigenvalue weighted by molar-refractivity contribution is 5.95. The maximum atomic E-state index is 12.6. The first-order valence-electron chi connectivity index (χ1n) is 9.33. The monoisotopic (exact) mass is 384 g/mol. The van der Waals surface area contributed by atoms with Gasteiger partial charge in [0.2, 0.25) is 0 Å². The number of amides is 1. The van der Waals surface area contributed by atoms with Gasteiger partial charge in [0.1, 0.15) is 11.4 Å². The first kappa shape index (κ1) is 19.8. The maximum absolute atomic E-state index is 12.6. The molecule has 1 saturated heterocycles. The molecule has 1 amide bonds. The highest BCUT2D eigenvalue weighted by Crippen LogP contribution is 2.35. The topological polar surface area (TPSA) is 97.8 Å². The van der Waals surface area contributed by atoms with Crippen LogP contribution in [0.4, 0.5) is 0 Å². The molecule has 2 heterocycles. The van der Waals surface area contributed by atoms with E-state index in [1.54, 1.807) is 0 Å². The van der Waals surface area contributed by atoms with E-state index in [2.05, 4.69) is 10.3 Å². The van der Waals surface area contributed by atoms with Gasteiger partial charge >= 0.3 is 5.97 Å². The van der Waals surface area contributed by atoms with Crippen LogP contribution in [0.2, 0.25) is 0 Å². The lowest BCUT2D eigenvalue weighted by molar-refractivity contribution is 0.0486. The van der Waals surface area contributed by atoms with Crippen LogP contribution in [0.25, 0.3) is 0 Å². The van der Waals surface area contributed by atoms with Crippen molar-refractivity contribution in [2.45, 2.75) is 25.2 Å². The van der Waals surface area contributed by atoms with Gasteiger partial charge in [-0.05, 0) is 49.6 Å². The summed E-state index contributed by atoms with van der Waals surface area (Å²) in [4.78, 5) is 27.7. The third-order valence-corrected chi connectivity index (χ3v) is 5.05. The molecule has 7 heteroatoms. The molecule has 1 aromatic carbocycles. The summed E-state index contributed by atoms with van der Waals surface area (Å²) in [6.07, 6.45) is 2.89. The summed E-state index contributed by atoms with van der Waals surface area (Å²) in [5.74, 6) is -0.668. The number of hydrogen-bond acceptors (Lipinski definition) is 5. The summed E-state index contributed by atoms with van der Waals surface area (Å²) in [5, 5.41) is 12.0. The number of nitrogens with one attached hydrogen (secondary N) is 1. The molecule has 148 valence electrons. The molecule has 1 aromatic heterocycles. The Morgan fingerprint density at radius 3 is 2.57 bits per heavy atom. The molecule has 28 heavy (non-hydrogen) atoms. The quantitative estimate of drug-likeness (QED) is 0.762. The van der Waals surface area contributed by atoms with E-state index in [0.717, 1.165) is 24.2 Å². The van der Waals surface area contributed by atoms with E-state index in [1.165, 1.54) is 18.3 Å². The van der Waals surface area contributed by atoms with Gasteiger partial charge in [-0.2, -0.15) is 0 Å². The molecule has 2 aromatic rings. The molecule has 1 aliphatic heterocycles. The Kier molecular flexibility index (Phi) is 6.26. The van der Waals surface area contributed by atoms with Gasteiger partial charge in [0.15, 0.2) is 0 Å². The van der Waals surface area contributed by atoms with Gasteiger partial charge < -0.3 is 19.9 Å². The number of carboxylic acids is 1. The molecule has 0 aliphatic carbocycles. The minimum atomic E-state index is -1.09. The first-order chi connectivity index (χ1) is 13.5. The summed E-state index contributed by atoms with van der Waals surface area (Å²) in [7, 11) is 0.